The summed E-state index contributed by atoms with van der Waals surface area (Å²) in [5.41, 5.74) is 6.11. The number of carboxylic acids is 1. The van der Waals surface area contributed by atoms with Crippen molar-refractivity contribution in [3.05, 3.63) is 29.6 Å². The zero-order valence-electron chi connectivity index (χ0n) is 7.48. The Kier molecular flexibility index (Phi) is 3.53. The average Bonchev–Trinajstić information content (AvgIpc) is 2.18. The van der Waals surface area contributed by atoms with E-state index in [0.29, 0.717) is 11.3 Å². The second-order valence-corrected chi connectivity index (χ2v) is 2.89. The van der Waals surface area contributed by atoms with Crippen LogP contribution in [0.5, 0.6) is 0 Å². The second-order valence-electron chi connectivity index (χ2n) is 2.89. The molecule has 0 bridgehead atoms. The summed E-state index contributed by atoms with van der Waals surface area (Å²) in [6.45, 7) is -0.657. The fraction of sp³-hybridized carbons (Fsp3) is 0.333. The molecule has 1 unspecified atom stereocenters. The van der Waals surface area contributed by atoms with Crippen LogP contribution in [-0.4, -0.2) is 22.1 Å². The van der Waals surface area contributed by atoms with Crippen LogP contribution < -0.4 is 5.73 Å². The molecule has 0 aromatic carbocycles. The molecule has 1 heterocycles. The number of pyridine rings is 1. The van der Waals surface area contributed by atoms with Gasteiger partial charge in [-0.05, 0) is 6.07 Å². The highest BCUT2D eigenvalue weighted by molar-refractivity contribution is 5.73. The van der Waals surface area contributed by atoms with E-state index < -0.39 is 18.7 Å². The van der Waals surface area contributed by atoms with Gasteiger partial charge in [-0.2, -0.15) is 0 Å². The van der Waals surface area contributed by atoms with E-state index in [0.717, 1.165) is 0 Å². The van der Waals surface area contributed by atoms with Gasteiger partial charge in [0.1, 0.15) is 12.7 Å². The summed E-state index contributed by atoms with van der Waals surface area (Å²) in [7, 11) is 0. The minimum atomic E-state index is -1.11. The lowest BCUT2D eigenvalue weighted by Crippen LogP contribution is -2.32. The third-order valence-corrected chi connectivity index (χ3v) is 1.86. The lowest BCUT2D eigenvalue weighted by Gasteiger charge is -2.08. The number of aliphatic carboxylic acids is 1. The monoisotopic (exact) mass is 198 g/mol. The summed E-state index contributed by atoms with van der Waals surface area (Å²) in [4.78, 5) is 14.3. The van der Waals surface area contributed by atoms with E-state index in [1.54, 1.807) is 12.1 Å². The Morgan fingerprint density at radius 1 is 1.71 bits per heavy atom. The van der Waals surface area contributed by atoms with Crippen molar-refractivity contribution in [1.82, 2.24) is 4.98 Å². The van der Waals surface area contributed by atoms with Gasteiger partial charge in [-0.3, -0.25) is 9.78 Å². The van der Waals surface area contributed by atoms with Crippen LogP contribution in [0.4, 0.5) is 4.39 Å². The Bertz CT molecular complexity index is 330. The Balaban J connectivity index is 2.80. The van der Waals surface area contributed by atoms with Crippen LogP contribution in [0, 0.1) is 0 Å². The first-order valence-corrected chi connectivity index (χ1v) is 4.12. The van der Waals surface area contributed by atoms with E-state index in [1.165, 1.54) is 6.20 Å². The fourth-order valence-corrected chi connectivity index (χ4v) is 1.07. The maximum atomic E-state index is 12.4. The van der Waals surface area contributed by atoms with Gasteiger partial charge in [0.2, 0.25) is 0 Å². The summed E-state index contributed by atoms with van der Waals surface area (Å²) in [5.74, 6) is -1.11. The molecule has 1 atom stereocenters. The van der Waals surface area contributed by atoms with Crippen molar-refractivity contribution in [2.24, 2.45) is 5.73 Å². The molecular formula is C9H11FN2O2. The number of hydrogen-bond donors (Lipinski definition) is 2. The zero-order valence-corrected chi connectivity index (χ0v) is 7.48. The third-order valence-electron chi connectivity index (χ3n) is 1.86. The molecular weight excluding hydrogens is 187 g/mol. The highest BCUT2D eigenvalue weighted by Crippen LogP contribution is 2.08. The van der Waals surface area contributed by atoms with Crippen LogP contribution >= 0.6 is 0 Å². The predicted octanol–water partition coefficient (Wildman–Crippen LogP) is 0.505. The number of rotatable bonds is 4. The predicted molar refractivity (Wildman–Crippen MR) is 48.4 cm³/mol. The molecule has 0 fully saturated rings. The quantitative estimate of drug-likeness (QED) is 0.738. The minimum absolute atomic E-state index is 0.0510. The van der Waals surface area contributed by atoms with Crippen LogP contribution in [0.25, 0.3) is 0 Å². The number of nitrogens with two attached hydrogens (primary N) is 1. The molecule has 0 aliphatic heterocycles. The topological polar surface area (TPSA) is 76.2 Å². The summed E-state index contributed by atoms with van der Waals surface area (Å²) in [6.07, 6.45) is 1.54. The summed E-state index contributed by atoms with van der Waals surface area (Å²) >= 11 is 0. The zero-order chi connectivity index (χ0) is 10.6. The van der Waals surface area contributed by atoms with Gasteiger partial charge >= 0.3 is 5.97 Å². The van der Waals surface area contributed by atoms with Gasteiger partial charge in [-0.1, -0.05) is 6.07 Å². The number of carbonyl (C=O) groups is 1. The lowest BCUT2D eigenvalue weighted by molar-refractivity contribution is -0.138. The maximum absolute atomic E-state index is 12.4. The Hall–Kier alpha value is -1.49. The normalized spacial score (nSPS) is 12.4. The summed E-state index contributed by atoms with van der Waals surface area (Å²) < 4.78 is 12.4. The van der Waals surface area contributed by atoms with Crippen LogP contribution in [0.15, 0.2) is 18.3 Å². The van der Waals surface area contributed by atoms with Crippen molar-refractivity contribution in [3.63, 3.8) is 0 Å². The highest BCUT2D eigenvalue weighted by atomic mass is 19.1. The van der Waals surface area contributed by atoms with Crippen molar-refractivity contribution in [1.29, 1.82) is 0 Å². The van der Waals surface area contributed by atoms with Crippen LogP contribution in [0.2, 0.25) is 0 Å². The van der Waals surface area contributed by atoms with Crippen molar-refractivity contribution < 1.29 is 14.3 Å². The van der Waals surface area contributed by atoms with Crippen LogP contribution in [0.3, 0.4) is 0 Å². The third kappa shape index (κ3) is 2.50. The molecule has 76 valence electrons. The fourth-order valence-electron chi connectivity index (χ4n) is 1.07. The van der Waals surface area contributed by atoms with E-state index in [-0.39, 0.29) is 6.42 Å². The first-order valence-electron chi connectivity index (χ1n) is 4.12. The molecule has 0 saturated carbocycles. The Labute approximate surface area is 80.6 Å². The largest absolute Gasteiger partial charge is 0.480 e. The number of aromatic nitrogens is 1. The van der Waals surface area contributed by atoms with Crippen molar-refractivity contribution in [3.8, 4) is 0 Å². The SMILES string of the molecule is NC(Cc1ncccc1CF)C(=O)O. The molecule has 4 nitrogen and oxygen atoms in total. The first kappa shape index (κ1) is 10.6. The maximum Gasteiger partial charge on any atom is 0.320 e. The van der Waals surface area contributed by atoms with Crippen molar-refractivity contribution in [2.45, 2.75) is 19.1 Å². The van der Waals surface area contributed by atoms with Gasteiger partial charge < -0.3 is 10.8 Å². The average molecular weight is 198 g/mol. The highest BCUT2D eigenvalue weighted by Gasteiger charge is 2.14. The Morgan fingerprint density at radius 2 is 2.43 bits per heavy atom. The van der Waals surface area contributed by atoms with E-state index in [1.807, 2.05) is 0 Å². The molecule has 1 aromatic heterocycles. The van der Waals surface area contributed by atoms with E-state index >= 15 is 0 Å². The number of nitrogens with zero attached hydrogens (tertiary/aromatic N) is 1. The van der Waals surface area contributed by atoms with E-state index in [2.05, 4.69) is 4.98 Å². The molecule has 14 heavy (non-hydrogen) atoms. The summed E-state index contributed by atoms with van der Waals surface area (Å²) in [6, 6.07) is 2.14. The van der Waals surface area contributed by atoms with Crippen LogP contribution in [-0.2, 0) is 17.9 Å². The number of halogens is 1. The van der Waals surface area contributed by atoms with Gasteiger partial charge in [0.15, 0.2) is 0 Å². The molecule has 1 aromatic rings. The van der Waals surface area contributed by atoms with E-state index in [9.17, 15) is 9.18 Å². The lowest BCUT2D eigenvalue weighted by atomic mass is 10.1. The standard InChI is InChI=1S/C9H11FN2O2/c10-5-6-2-1-3-12-8(6)4-7(11)9(13)14/h1-3,7H,4-5,11H2,(H,13,14). The van der Waals surface area contributed by atoms with Gasteiger partial charge in [0.25, 0.3) is 0 Å². The van der Waals surface area contributed by atoms with Crippen molar-refractivity contribution >= 4 is 5.97 Å². The van der Waals surface area contributed by atoms with Gasteiger partial charge in [0, 0.05) is 23.9 Å². The molecule has 1 rings (SSSR count). The number of hydrogen-bond acceptors (Lipinski definition) is 3. The molecule has 5 heteroatoms. The molecule has 0 saturated heterocycles. The molecule has 0 spiro atoms. The van der Waals surface area contributed by atoms with Crippen molar-refractivity contribution in [2.75, 3.05) is 0 Å². The van der Waals surface area contributed by atoms with Crippen LogP contribution in [0.1, 0.15) is 11.3 Å². The number of carboxylic acid groups (broad SMARTS) is 1. The molecule has 0 radical (unpaired) electrons. The van der Waals surface area contributed by atoms with Gasteiger partial charge in [-0.15, -0.1) is 0 Å². The second kappa shape index (κ2) is 4.66. The molecule has 0 amide bonds. The smallest absolute Gasteiger partial charge is 0.320 e. The van der Waals surface area contributed by atoms with Gasteiger partial charge in [0.05, 0.1) is 0 Å². The van der Waals surface area contributed by atoms with Gasteiger partial charge in [-0.25, -0.2) is 4.39 Å². The Morgan fingerprint density at radius 3 is 3.00 bits per heavy atom. The van der Waals surface area contributed by atoms with E-state index in [4.69, 9.17) is 10.8 Å². The molecule has 3 N–H and O–H groups in total. The molecule has 0 aliphatic carbocycles. The summed E-state index contributed by atoms with van der Waals surface area (Å²) in [5, 5.41) is 8.56. The first-order chi connectivity index (χ1) is 6.65. The number of alkyl halides is 1. The molecule has 0 aliphatic rings. The minimum Gasteiger partial charge on any atom is -0.480 e.